The van der Waals surface area contributed by atoms with E-state index in [4.69, 9.17) is 4.74 Å². The van der Waals surface area contributed by atoms with Crippen molar-refractivity contribution < 1.29 is 19.4 Å². The van der Waals surface area contributed by atoms with Crippen LogP contribution in [-0.4, -0.2) is 37.5 Å². The molecule has 3 aromatic carbocycles. The average molecular weight is 513 g/mol. The number of anilines is 2. The molecular formula is C32H36N2O4. The number of nitrogens with zero attached hydrogens (tertiary/aromatic N) is 2. The molecule has 1 atom stereocenters. The number of hydrogen-bond acceptors (Lipinski definition) is 5. The standard InChI is InChI=1S/C32H36N2O4/c1-8-38-25-11-9-10-21(18-25)28-27(29(35)26-19-22(32(3,4)5)13-12-20(26)2)30(36)31(37)34(28)24-16-14-23(15-17-24)33(6)7/h9-19,28,35H,8H2,1-7H3/b29-27+. The SMILES string of the molecule is CCOc1cccc(C2/C(=C(\O)c3cc(C(C)(C)C)ccc3C)C(=O)C(=O)N2c2ccc(N(C)C)cc2)c1. The van der Waals surface area contributed by atoms with Crippen LogP contribution in [0.15, 0.2) is 72.3 Å². The lowest BCUT2D eigenvalue weighted by molar-refractivity contribution is -0.132. The molecule has 38 heavy (non-hydrogen) atoms. The highest BCUT2D eigenvalue weighted by Gasteiger charge is 2.47. The fraction of sp³-hybridized carbons (Fsp3) is 0.312. The van der Waals surface area contributed by atoms with Crippen LogP contribution in [0.3, 0.4) is 0 Å². The van der Waals surface area contributed by atoms with Gasteiger partial charge in [-0.05, 0) is 78.4 Å². The minimum atomic E-state index is -0.821. The first-order valence-corrected chi connectivity index (χ1v) is 12.9. The second-order valence-electron chi connectivity index (χ2n) is 10.9. The second kappa shape index (κ2) is 10.4. The molecule has 1 saturated heterocycles. The predicted molar refractivity (Wildman–Crippen MR) is 153 cm³/mol. The van der Waals surface area contributed by atoms with Crippen molar-refractivity contribution in [3.05, 3.63) is 94.6 Å². The van der Waals surface area contributed by atoms with Crippen LogP contribution in [-0.2, 0) is 15.0 Å². The Kier molecular flexibility index (Phi) is 7.36. The normalized spacial score (nSPS) is 17.1. The number of aliphatic hydroxyl groups excluding tert-OH is 1. The van der Waals surface area contributed by atoms with E-state index < -0.39 is 17.7 Å². The van der Waals surface area contributed by atoms with Gasteiger partial charge in [0.1, 0.15) is 11.5 Å². The molecule has 0 saturated carbocycles. The lowest BCUT2D eigenvalue weighted by Crippen LogP contribution is -2.29. The Hall–Kier alpha value is -4.06. The maximum absolute atomic E-state index is 13.6. The highest BCUT2D eigenvalue weighted by molar-refractivity contribution is 6.51. The Morgan fingerprint density at radius 2 is 1.68 bits per heavy atom. The average Bonchev–Trinajstić information content (AvgIpc) is 3.14. The van der Waals surface area contributed by atoms with Gasteiger partial charge in [-0.15, -0.1) is 0 Å². The minimum absolute atomic E-state index is 0.0643. The summed E-state index contributed by atoms with van der Waals surface area (Å²) in [5.41, 5.74) is 4.51. The number of ketones is 1. The summed E-state index contributed by atoms with van der Waals surface area (Å²) in [5, 5.41) is 11.7. The quantitative estimate of drug-likeness (QED) is 0.236. The topological polar surface area (TPSA) is 70.1 Å². The molecule has 1 aliphatic heterocycles. The van der Waals surface area contributed by atoms with E-state index in [0.29, 0.717) is 29.2 Å². The molecule has 0 radical (unpaired) electrons. The van der Waals surface area contributed by atoms with Crippen molar-refractivity contribution >= 4 is 28.8 Å². The fourth-order valence-corrected chi connectivity index (χ4v) is 4.76. The zero-order valence-corrected chi connectivity index (χ0v) is 23.2. The Balaban J connectivity index is 1.96. The summed E-state index contributed by atoms with van der Waals surface area (Å²) >= 11 is 0. The lowest BCUT2D eigenvalue weighted by atomic mass is 9.84. The molecule has 0 bridgehead atoms. The van der Waals surface area contributed by atoms with E-state index in [1.54, 1.807) is 0 Å². The van der Waals surface area contributed by atoms with Crippen LogP contribution in [0, 0.1) is 6.92 Å². The van der Waals surface area contributed by atoms with Crippen molar-refractivity contribution in [2.24, 2.45) is 0 Å². The Morgan fingerprint density at radius 1 is 1.00 bits per heavy atom. The van der Waals surface area contributed by atoms with E-state index in [2.05, 4.69) is 20.8 Å². The van der Waals surface area contributed by atoms with E-state index in [1.165, 1.54) is 4.90 Å². The molecule has 198 valence electrons. The number of carbonyl (C=O) groups is 2. The summed E-state index contributed by atoms with van der Waals surface area (Å²) < 4.78 is 5.72. The van der Waals surface area contributed by atoms with Crippen molar-refractivity contribution in [3.8, 4) is 5.75 Å². The van der Waals surface area contributed by atoms with Gasteiger partial charge in [-0.25, -0.2) is 0 Å². The van der Waals surface area contributed by atoms with E-state index in [9.17, 15) is 14.7 Å². The third-order valence-corrected chi connectivity index (χ3v) is 6.93. The van der Waals surface area contributed by atoms with Gasteiger partial charge in [-0.2, -0.15) is 0 Å². The first-order chi connectivity index (χ1) is 17.9. The molecular weight excluding hydrogens is 476 g/mol. The first-order valence-electron chi connectivity index (χ1n) is 12.9. The molecule has 1 heterocycles. The number of carbonyl (C=O) groups excluding carboxylic acids is 2. The van der Waals surface area contributed by atoms with Crippen LogP contribution in [0.5, 0.6) is 5.75 Å². The van der Waals surface area contributed by atoms with Crippen molar-refractivity contribution in [1.29, 1.82) is 0 Å². The third-order valence-electron chi connectivity index (χ3n) is 6.93. The van der Waals surface area contributed by atoms with E-state index in [1.807, 2.05) is 99.6 Å². The molecule has 1 amide bonds. The molecule has 6 heteroatoms. The van der Waals surface area contributed by atoms with Gasteiger partial charge in [0.15, 0.2) is 0 Å². The van der Waals surface area contributed by atoms with Crippen LogP contribution < -0.4 is 14.5 Å². The van der Waals surface area contributed by atoms with Gasteiger partial charge in [-0.1, -0.05) is 45.0 Å². The molecule has 0 aromatic heterocycles. The van der Waals surface area contributed by atoms with Gasteiger partial charge in [0, 0.05) is 31.0 Å². The van der Waals surface area contributed by atoms with Crippen molar-refractivity contribution in [1.82, 2.24) is 0 Å². The van der Waals surface area contributed by atoms with Crippen LogP contribution >= 0.6 is 0 Å². The van der Waals surface area contributed by atoms with Gasteiger partial charge in [-0.3, -0.25) is 14.5 Å². The zero-order valence-electron chi connectivity index (χ0n) is 23.2. The molecule has 1 aliphatic rings. The molecule has 1 fully saturated rings. The molecule has 1 unspecified atom stereocenters. The maximum atomic E-state index is 13.6. The van der Waals surface area contributed by atoms with Gasteiger partial charge in [0.25, 0.3) is 11.7 Å². The smallest absolute Gasteiger partial charge is 0.300 e. The molecule has 0 spiro atoms. The number of amides is 1. The highest BCUT2D eigenvalue weighted by atomic mass is 16.5. The Labute approximate surface area is 225 Å². The maximum Gasteiger partial charge on any atom is 0.300 e. The molecule has 4 rings (SSSR count). The molecule has 3 aromatic rings. The fourth-order valence-electron chi connectivity index (χ4n) is 4.76. The minimum Gasteiger partial charge on any atom is -0.507 e. The molecule has 0 aliphatic carbocycles. The van der Waals surface area contributed by atoms with Crippen molar-refractivity contribution in [3.63, 3.8) is 0 Å². The zero-order chi connectivity index (χ0) is 27.8. The van der Waals surface area contributed by atoms with Crippen molar-refractivity contribution in [2.45, 2.75) is 46.1 Å². The van der Waals surface area contributed by atoms with Gasteiger partial charge in [0.05, 0.1) is 18.2 Å². The monoisotopic (exact) mass is 512 g/mol. The molecule has 6 nitrogen and oxygen atoms in total. The summed E-state index contributed by atoms with van der Waals surface area (Å²) in [7, 11) is 3.88. The highest BCUT2D eigenvalue weighted by Crippen LogP contribution is 2.43. The van der Waals surface area contributed by atoms with Gasteiger partial charge in [0.2, 0.25) is 0 Å². The number of aliphatic hydroxyl groups is 1. The Morgan fingerprint density at radius 3 is 2.29 bits per heavy atom. The number of rotatable bonds is 6. The van der Waals surface area contributed by atoms with Gasteiger partial charge >= 0.3 is 0 Å². The number of Topliss-reactive ketones (excluding diaryl/α,β-unsaturated/α-hetero) is 1. The molecule has 1 N–H and O–H groups in total. The predicted octanol–water partition coefficient (Wildman–Crippen LogP) is 6.38. The number of ether oxygens (including phenoxy) is 1. The van der Waals surface area contributed by atoms with Crippen molar-refractivity contribution in [2.75, 3.05) is 30.5 Å². The first kappa shape index (κ1) is 27.0. The number of benzene rings is 3. The largest absolute Gasteiger partial charge is 0.507 e. The van der Waals surface area contributed by atoms with E-state index in [-0.39, 0.29) is 16.7 Å². The summed E-state index contributed by atoms with van der Waals surface area (Å²) in [4.78, 5) is 30.6. The Bertz CT molecular complexity index is 1400. The number of hydrogen-bond donors (Lipinski definition) is 1. The lowest BCUT2D eigenvalue weighted by Gasteiger charge is -2.27. The van der Waals surface area contributed by atoms with Crippen LogP contribution in [0.4, 0.5) is 11.4 Å². The number of aryl methyl sites for hydroxylation is 1. The second-order valence-corrected chi connectivity index (χ2v) is 10.9. The summed E-state index contributed by atoms with van der Waals surface area (Å²) in [5.74, 6) is -0.942. The summed E-state index contributed by atoms with van der Waals surface area (Å²) in [6.45, 7) is 10.6. The summed E-state index contributed by atoms with van der Waals surface area (Å²) in [6, 6.07) is 19.9. The third kappa shape index (κ3) is 5.03. The van der Waals surface area contributed by atoms with E-state index in [0.717, 1.165) is 16.8 Å². The van der Waals surface area contributed by atoms with Crippen LogP contribution in [0.25, 0.3) is 5.76 Å². The van der Waals surface area contributed by atoms with E-state index >= 15 is 0 Å². The van der Waals surface area contributed by atoms with Crippen LogP contribution in [0.2, 0.25) is 0 Å². The van der Waals surface area contributed by atoms with Gasteiger partial charge < -0.3 is 14.7 Å². The van der Waals surface area contributed by atoms with Crippen LogP contribution in [0.1, 0.15) is 56.0 Å². The summed E-state index contributed by atoms with van der Waals surface area (Å²) in [6.07, 6.45) is 0.